The number of halogens is 1. The van der Waals surface area contributed by atoms with Crippen molar-refractivity contribution in [1.29, 1.82) is 0 Å². The summed E-state index contributed by atoms with van der Waals surface area (Å²) in [5.41, 5.74) is 3.80. The molecule has 7 heteroatoms. The molecular weight excluding hydrogens is 474 g/mol. The van der Waals surface area contributed by atoms with Gasteiger partial charge in [0, 0.05) is 56.6 Å². The van der Waals surface area contributed by atoms with Crippen molar-refractivity contribution >= 4 is 23.2 Å². The number of hydrogen-bond acceptors (Lipinski definition) is 5. The number of likely N-dealkylation sites (tertiary alicyclic amines) is 1. The van der Waals surface area contributed by atoms with Crippen molar-refractivity contribution in [2.45, 2.75) is 25.1 Å². The number of benzene rings is 3. The second kappa shape index (κ2) is 12.9. The molecule has 1 aliphatic rings. The monoisotopic (exact) mass is 507 g/mol. The number of nitrogens with one attached hydrogen (secondary N) is 1. The highest BCUT2D eigenvalue weighted by atomic mass is 35.5. The molecule has 1 N–H and O–H groups in total. The maximum Gasteiger partial charge on any atom is 0.251 e. The number of rotatable bonds is 11. The topological polar surface area (TPSA) is 54.0 Å². The van der Waals surface area contributed by atoms with E-state index in [9.17, 15) is 4.79 Å². The first-order valence-electron chi connectivity index (χ1n) is 12.3. The third-order valence-electron chi connectivity index (χ3n) is 6.65. The SMILES string of the molecule is COCO[C@H]1CCN(C[C@H](c2ccccc2)N(C)c2ccc(Cl)c(CNC(=O)c3ccccc3)c2)C1. The summed E-state index contributed by atoms with van der Waals surface area (Å²) in [5, 5.41) is 3.62. The molecular formula is C29H34ClN3O3. The van der Waals surface area contributed by atoms with Gasteiger partial charge in [-0.3, -0.25) is 9.69 Å². The summed E-state index contributed by atoms with van der Waals surface area (Å²) in [5.74, 6) is -0.119. The van der Waals surface area contributed by atoms with Crippen molar-refractivity contribution in [1.82, 2.24) is 10.2 Å². The third kappa shape index (κ3) is 6.86. The van der Waals surface area contributed by atoms with Crippen molar-refractivity contribution < 1.29 is 14.3 Å². The van der Waals surface area contributed by atoms with Gasteiger partial charge in [-0.05, 0) is 47.9 Å². The first kappa shape index (κ1) is 26.2. The highest BCUT2D eigenvalue weighted by Gasteiger charge is 2.28. The van der Waals surface area contributed by atoms with Crippen LogP contribution >= 0.6 is 11.6 Å². The minimum Gasteiger partial charge on any atom is -0.366 e. The van der Waals surface area contributed by atoms with E-state index >= 15 is 0 Å². The molecule has 0 saturated carbocycles. The van der Waals surface area contributed by atoms with E-state index in [1.807, 2.05) is 36.4 Å². The average Bonchev–Trinajstić information content (AvgIpc) is 3.38. The molecule has 6 nitrogen and oxygen atoms in total. The Bertz CT molecular complexity index is 1110. The van der Waals surface area contributed by atoms with Crippen LogP contribution in [0.1, 0.15) is 33.9 Å². The van der Waals surface area contributed by atoms with Gasteiger partial charge in [0.1, 0.15) is 6.79 Å². The predicted octanol–water partition coefficient (Wildman–Crippen LogP) is 5.14. The molecule has 1 saturated heterocycles. The normalized spacial score (nSPS) is 16.6. The Morgan fingerprint density at radius 2 is 1.83 bits per heavy atom. The lowest BCUT2D eigenvalue weighted by molar-refractivity contribution is -0.0671. The molecule has 3 aromatic rings. The number of hydrogen-bond donors (Lipinski definition) is 1. The van der Waals surface area contributed by atoms with Crippen molar-refractivity contribution in [3.63, 3.8) is 0 Å². The Morgan fingerprint density at radius 3 is 2.56 bits per heavy atom. The Hall–Kier alpha value is -2.90. The average molecular weight is 508 g/mol. The minimum atomic E-state index is -0.119. The summed E-state index contributed by atoms with van der Waals surface area (Å²) in [7, 11) is 3.77. The molecule has 1 amide bonds. The zero-order valence-electron chi connectivity index (χ0n) is 20.9. The number of amides is 1. The number of carbonyl (C=O) groups excluding carboxylic acids is 1. The zero-order chi connectivity index (χ0) is 25.3. The Kier molecular flexibility index (Phi) is 9.36. The van der Waals surface area contributed by atoms with Gasteiger partial charge in [0.15, 0.2) is 0 Å². The van der Waals surface area contributed by atoms with Crippen molar-refractivity contribution in [3.8, 4) is 0 Å². The second-order valence-corrected chi connectivity index (χ2v) is 9.51. The summed E-state index contributed by atoms with van der Waals surface area (Å²) in [6.45, 7) is 3.43. The zero-order valence-corrected chi connectivity index (χ0v) is 21.7. The van der Waals surface area contributed by atoms with Crippen LogP contribution in [0.4, 0.5) is 5.69 Å². The van der Waals surface area contributed by atoms with Gasteiger partial charge in [0.2, 0.25) is 0 Å². The molecule has 0 bridgehead atoms. The standard InChI is InChI=1S/C29H34ClN3O3/c1-32(25-13-14-27(30)24(17-25)18-31-29(34)23-11-7-4-8-12-23)28(22-9-5-3-6-10-22)20-33-16-15-26(19-33)36-21-35-2/h3-14,17,26,28H,15-16,18-21H2,1-2H3,(H,31,34)/t26-,28+/m0/s1. The first-order chi connectivity index (χ1) is 17.5. The van der Waals surface area contributed by atoms with Crippen LogP contribution in [0.2, 0.25) is 5.02 Å². The summed E-state index contributed by atoms with van der Waals surface area (Å²) in [4.78, 5) is 17.3. The number of nitrogens with zero attached hydrogens (tertiary/aromatic N) is 2. The third-order valence-corrected chi connectivity index (χ3v) is 7.01. The van der Waals surface area contributed by atoms with Gasteiger partial charge in [0.05, 0.1) is 12.1 Å². The van der Waals surface area contributed by atoms with Gasteiger partial charge < -0.3 is 19.7 Å². The fraction of sp³-hybridized carbons (Fsp3) is 0.345. The lowest BCUT2D eigenvalue weighted by Crippen LogP contribution is -2.36. The van der Waals surface area contributed by atoms with Gasteiger partial charge in [-0.15, -0.1) is 0 Å². The lowest BCUT2D eigenvalue weighted by Gasteiger charge is -2.34. The molecule has 1 aliphatic heterocycles. The molecule has 4 rings (SSSR count). The van der Waals surface area contributed by atoms with Crippen molar-refractivity contribution in [2.75, 3.05) is 45.5 Å². The van der Waals surface area contributed by atoms with Crippen LogP contribution in [0.25, 0.3) is 0 Å². The van der Waals surface area contributed by atoms with Gasteiger partial charge in [0.25, 0.3) is 5.91 Å². The molecule has 1 heterocycles. The van der Waals surface area contributed by atoms with Crippen LogP contribution in [0.15, 0.2) is 78.9 Å². The lowest BCUT2D eigenvalue weighted by atomic mass is 10.0. The van der Waals surface area contributed by atoms with Crippen LogP contribution < -0.4 is 10.2 Å². The van der Waals surface area contributed by atoms with E-state index in [1.165, 1.54) is 5.56 Å². The minimum absolute atomic E-state index is 0.119. The maximum atomic E-state index is 12.5. The molecule has 190 valence electrons. The van der Waals surface area contributed by atoms with E-state index in [0.29, 0.717) is 23.9 Å². The largest absolute Gasteiger partial charge is 0.366 e. The molecule has 2 atom stereocenters. The van der Waals surface area contributed by atoms with Gasteiger partial charge in [-0.2, -0.15) is 0 Å². The van der Waals surface area contributed by atoms with Crippen LogP contribution in [0.5, 0.6) is 0 Å². The molecule has 0 aliphatic carbocycles. The van der Waals surface area contributed by atoms with Gasteiger partial charge in [-0.1, -0.05) is 60.1 Å². The quantitative estimate of drug-likeness (QED) is 0.364. The molecule has 0 radical (unpaired) electrons. The fourth-order valence-electron chi connectivity index (χ4n) is 4.60. The molecule has 1 fully saturated rings. The van der Waals surface area contributed by atoms with Crippen LogP contribution in [0, 0.1) is 0 Å². The van der Waals surface area contributed by atoms with E-state index in [4.69, 9.17) is 21.1 Å². The van der Waals surface area contributed by atoms with E-state index in [0.717, 1.165) is 37.3 Å². The summed E-state index contributed by atoms with van der Waals surface area (Å²) in [6, 6.07) is 25.9. The fourth-order valence-corrected chi connectivity index (χ4v) is 4.78. The second-order valence-electron chi connectivity index (χ2n) is 9.11. The van der Waals surface area contributed by atoms with E-state index in [2.05, 4.69) is 52.5 Å². The van der Waals surface area contributed by atoms with Crippen molar-refractivity contribution in [2.24, 2.45) is 0 Å². The van der Waals surface area contributed by atoms with E-state index in [-0.39, 0.29) is 18.1 Å². The molecule has 0 unspecified atom stereocenters. The van der Waals surface area contributed by atoms with E-state index < -0.39 is 0 Å². The van der Waals surface area contributed by atoms with Crippen LogP contribution in [0.3, 0.4) is 0 Å². The predicted molar refractivity (Wildman–Crippen MR) is 144 cm³/mol. The summed E-state index contributed by atoms with van der Waals surface area (Å²) >= 11 is 6.52. The van der Waals surface area contributed by atoms with Crippen molar-refractivity contribution in [3.05, 3.63) is 101 Å². The number of ether oxygens (including phenoxy) is 2. The number of likely N-dealkylation sites (N-methyl/N-ethyl adjacent to an activating group) is 1. The number of anilines is 1. The van der Waals surface area contributed by atoms with Crippen LogP contribution in [-0.4, -0.2) is 57.5 Å². The maximum absolute atomic E-state index is 12.5. The Labute approximate surface area is 218 Å². The number of carbonyl (C=O) groups is 1. The van der Waals surface area contributed by atoms with E-state index in [1.54, 1.807) is 19.2 Å². The molecule has 3 aromatic carbocycles. The summed E-state index contributed by atoms with van der Waals surface area (Å²) < 4.78 is 10.9. The van der Waals surface area contributed by atoms with Gasteiger partial charge in [-0.25, -0.2) is 0 Å². The summed E-state index contributed by atoms with van der Waals surface area (Å²) in [6.07, 6.45) is 1.20. The Balaban J connectivity index is 1.49. The molecule has 0 aromatic heterocycles. The van der Waals surface area contributed by atoms with Crippen LogP contribution in [-0.2, 0) is 16.0 Å². The Morgan fingerprint density at radius 1 is 1.11 bits per heavy atom. The molecule has 36 heavy (non-hydrogen) atoms. The molecule has 0 spiro atoms. The first-order valence-corrected chi connectivity index (χ1v) is 12.7. The van der Waals surface area contributed by atoms with Gasteiger partial charge >= 0.3 is 0 Å². The smallest absolute Gasteiger partial charge is 0.251 e. The number of methoxy groups -OCH3 is 1. The highest BCUT2D eigenvalue weighted by molar-refractivity contribution is 6.31. The highest BCUT2D eigenvalue weighted by Crippen LogP contribution is 2.31.